The van der Waals surface area contributed by atoms with Crippen molar-refractivity contribution >= 4 is 0 Å². The van der Waals surface area contributed by atoms with Gasteiger partial charge in [-0.1, -0.05) is 6.07 Å². The number of halogens is 1. The quantitative estimate of drug-likeness (QED) is 0.401. The summed E-state index contributed by atoms with van der Waals surface area (Å²) in [5.74, 6) is 0. The van der Waals surface area contributed by atoms with Crippen molar-refractivity contribution < 1.29 is 28.9 Å². The maximum absolute atomic E-state index is 8.60. The number of rotatable bonds is 2. The molecule has 2 heterocycles. The second-order valence-corrected chi connectivity index (χ2v) is 6.74. The Morgan fingerprint density at radius 2 is 1.54 bits per heavy atom. The van der Waals surface area contributed by atoms with Crippen LogP contribution in [-0.4, -0.2) is 66.9 Å². The summed E-state index contributed by atoms with van der Waals surface area (Å²) in [6.45, 7) is 9.64. The van der Waals surface area contributed by atoms with Crippen LogP contribution in [0, 0.1) is 10.2 Å². The third kappa shape index (κ3) is 15.4. The van der Waals surface area contributed by atoms with Crippen LogP contribution in [0.5, 0.6) is 0 Å². The van der Waals surface area contributed by atoms with Crippen molar-refractivity contribution in [3.63, 3.8) is 0 Å². The smallest absolute Gasteiger partial charge is 0.0777 e. The van der Waals surface area contributed by atoms with Gasteiger partial charge in [-0.2, -0.15) is 14.0 Å². The zero-order valence-electron chi connectivity index (χ0n) is 15.0. The summed E-state index contributed by atoms with van der Waals surface area (Å²) in [5, 5.41) is 10.5. The fraction of sp³-hybridized carbons (Fsp3) is 0.688. The highest BCUT2D eigenvalue weighted by Gasteiger charge is 2.06. The number of nitrogens with zero attached hydrogens (tertiary/aromatic N) is 2. The molecule has 0 radical (unpaired) electrons. The Morgan fingerprint density at radius 1 is 0.923 bits per heavy atom. The Morgan fingerprint density at radius 3 is 2.15 bits per heavy atom. The monoisotopic (exact) mass is 391 g/mol. The van der Waals surface area contributed by atoms with E-state index in [-0.39, 0.29) is 0 Å². The van der Waals surface area contributed by atoms with Gasteiger partial charge in [0, 0.05) is 38.9 Å². The summed E-state index contributed by atoms with van der Waals surface area (Å²) in [4.78, 5) is 6.94. The molecule has 2 rings (SSSR count). The molecule has 1 aromatic heterocycles. The van der Waals surface area contributed by atoms with E-state index in [1.165, 1.54) is 12.8 Å². The fourth-order valence-electron chi connectivity index (χ4n) is 2.55. The average Bonchev–Trinajstić information content (AvgIpc) is 2.58. The molecule has 0 spiro atoms. The summed E-state index contributed by atoms with van der Waals surface area (Å²) in [6.07, 6.45) is 4.26. The van der Waals surface area contributed by atoms with Gasteiger partial charge in [-0.25, -0.2) is 0 Å². The lowest BCUT2D eigenvalue weighted by atomic mass is 10.3. The maximum Gasteiger partial charge on any atom is 0.0777 e. The van der Waals surface area contributed by atoms with Crippen LogP contribution in [0.2, 0.25) is 0 Å². The Hall–Kier alpha value is -0.880. The van der Waals surface area contributed by atoms with Gasteiger partial charge in [0.1, 0.15) is 0 Å². The molecule has 9 nitrogen and oxygen atoms in total. The van der Waals surface area contributed by atoms with Crippen molar-refractivity contribution in [2.75, 3.05) is 52.4 Å². The van der Waals surface area contributed by atoms with Crippen LogP contribution in [0.1, 0.15) is 18.5 Å². The second-order valence-electron chi connectivity index (χ2n) is 5.95. The van der Waals surface area contributed by atoms with Crippen LogP contribution in [0.25, 0.3) is 0 Å². The first-order valence-electron chi connectivity index (χ1n) is 8.83. The normalized spacial score (nSPS) is 19.1. The van der Waals surface area contributed by atoms with Crippen molar-refractivity contribution in [1.82, 2.24) is 25.8 Å². The van der Waals surface area contributed by atoms with Gasteiger partial charge in [-0.05, 0) is 51.2 Å². The second kappa shape index (κ2) is 14.2. The molecule has 0 aromatic carbocycles. The third-order valence-electron chi connectivity index (χ3n) is 3.73. The van der Waals surface area contributed by atoms with Gasteiger partial charge in [0.2, 0.25) is 0 Å². The lowest BCUT2D eigenvalue weighted by molar-refractivity contribution is -1.92. The number of hydrogen-bond acceptors (Lipinski definition) is 9. The van der Waals surface area contributed by atoms with Crippen LogP contribution in [0.15, 0.2) is 24.4 Å². The molecule has 0 amide bonds. The van der Waals surface area contributed by atoms with E-state index in [2.05, 4.69) is 38.0 Å². The fourth-order valence-corrected chi connectivity index (χ4v) is 2.55. The summed E-state index contributed by atoms with van der Waals surface area (Å²) in [6, 6.07) is 6.16. The van der Waals surface area contributed by atoms with Crippen molar-refractivity contribution in [3.8, 4) is 0 Å². The van der Waals surface area contributed by atoms with Crippen LogP contribution in [0.3, 0.4) is 0 Å². The molecule has 26 heavy (non-hydrogen) atoms. The van der Waals surface area contributed by atoms with Crippen LogP contribution in [0.4, 0.5) is 0 Å². The van der Waals surface area contributed by atoms with E-state index in [1.807, 2.05) is 12.3 Å². The Labute approximate surface area is 157 Å². The number of hydrogen-bond donors (Lipinski definition) is 4. The lowest BCUT2D eigenvalue weighted by Gasteiger charge is -2.22. The third-order valence-corrected chi connectivity index (χ3v) is 3.73. The summed E-state index contributed by atoms with van der Waals surface area (Å²) in [7, 11) is -4.69. The minimum absolute atomic E-state index is 0.948. The van der Waals surface area contributed by atoms with E-state index in [4.69, 9.17) is 18.6 Å². The van der Waals surface area contributed by atoms with Gasteiger partial charge in [0.25, 0.3) is 0 Å². The molecule has 1 aliphatic heterocycles. The van der Waals surface area contributed by atoms with Crippen LogP contribution < -0.4 is 29.9 Å². The number of aromatic nitrogens is 1. The van der Waals surface area contributed by atoms with E-state index >= 15 is 0 Å². The van der Waals surface area contributed by atoms with E-state index in [9.17, 15) is 0 Å². The molecule has 1 aliphatic rings. The first-order chi connectivity index (χ1) is 12.4. The predicted octanol–water partition coefficient (Wildman–Crippen LogP) is -3.68. The molecule has 1 aromatic rings. The van der Waals surface area contributed by atoms with Gasteiger partial charge in [0.05, 0.1) is 20.6 Å². The molecule has 10 heteroatoms. The molecule has 4 N–H and O–H groups in total. The minimum Gasteiger partial charge on any atom is -0.315 e. The Balaban J connectivity index is 0.000000597. The molecular formula is C16H30ClN5O4. The SMILES string of the molecule is [O-][Cl+3]([O-])([O-])O.c1ccc(CN2CCCNCCNCCCNCC2)nc1. The summed E-state index contributed by atoms with van der Waals surface area (Å²) in [5.41, 5.74) is 1.16. The van der Waals surface area contributed by atoms with E-state index < -0.39 is 10.2 Å². The van der Waals surface area contributed by atoms with Crippen molar-refractivity contribution in [2.24, 2.45) is 0 Å². The molecule has 1 fully saturated rings. The lowest BCUT2D eigenvalue weighted by Crippen LogP contribution is -2.58. The standard InChI is InChI=1S/C16H29N5.ClHO4/c1-2-9-20-16(5-1)15-21-13-4-8-18-11-10-17-6-3-7-19-12-14-21;2-1(3,4)5/h1-2,5,9,17-19H,3-4,6-8,10-15H2;(H,2,3,4,5). The van der Waals surface area contributed by atoms with Crippen molar-refractivity contribution in [2.45, 2.75) is 19.4 Å². The molecule has 150 valence electrons. The first-order valence-corrected chi connectivity index (χ1v) is 10.1. The zero-order valence-corrected chi connectivity index (χ0v) is 15.8. The minimum atomic E-state index is -4.69. The van der Waals surface area contributed by atoms with E-state index in [0.29, 0.717) is 0 Å². The van der Waals surface area contributed by atoms with E-state index in [0.717, 1.165) is 64.6 Å². The number of nitrogens with one attached hydrogen (secondary N) is 3. The molecule has 0 atom stereocenters. The largest absolute Gasteiger partial charge is 0.315 e. The predicted molar refractivity (Wildman–Crippen MR) is 89.6 cm³/mol. The molecule has 0 saturated carbocycles. The Bertz CT molecular complexity index is 430. The van der Waals surface area contributed by atoms with Crippen LogP contribution >= 0.6 is 0 Å². The topological polar surface area (TPSA) is 142 Å². The van der Waals surface area contributed by atoms with Gasteiger partial charge in [-0.3, -0.25) is 9.88 Å². The number of pyridine rings is 1. The molecular weight excluding hydrogens is 362 g/mol. The molecule has 1 saturated heterocycles. The van der Waals surface area contributed by atoms with Crippen LogP contribution in [-0.2, 0) is 6.54 Å². The van der Waals surface area contributed by atoms with Gasteiger partial charge in [0.15, 0.2) is 0 Å². The highest BCUT2D eigenvalue weighted by atomic mass is 35.7. The summed E-state index contributed by atoms with van der Waals surface area (Å²) >= 11 is 0. The highest BCUT2D eigenvalue weighted by Crippen LogP contribution is 2.01. The Kier molecular flexibility index (Phi) is 12.7. The first kappa shape index (κ1) is 23.2. The molecule has 0 aliphatic carbocycles. The highest BCUT2D eigenvalue weighted by molar-refractivity contribution is 5.03. The van der Waals surface area contributed by atoms with Gasteiger partial charge < -0.3 is 16.0 Å². The van der Waals surface area contributed by atoms with Gasteiger partial charge >= 0.3 is 0 Å². The van der Waals surface area contributed by atoms with Gasteiger partial charge in [-0.15, -0.1) is 0 Å². The van der Waals surface area contributed by atoms with Crippen molar-refractivity contribution in [1.29, 1.82) is 0 Å². The average molecular weight is 392 g/mol. The molecule has 0 unspecified atom stereocenters. The summed E-state index contributed by atoms with van der Waals surface area (Å²) < 4.78 is 32.7. The van der Waals surface area contributed by atoms with E-state index in [1.54, 1.807) is 0 Å². The zero-order chi connectivity index (χ0) is 19.1. The maximum atomic E-state index is 8.60. The molecule has 0 bridgehead atoms. The van der Waals surface area contributed by atoms with Crippen molar-refractivity contribution in [3.05, 3.63) is 30.1 Å².